The molecule has 1 aromatic carbocycles. The van der Waals surface area contributed by atoms with Gasteiger partial charge < -0.3 is 5.73 Å². The predicted octanol–water partition coefficient (Wildman–Crippen LogP) is 2.62. The van der Waals surface area contributed by atoms with Crippen LogP contribution >= 0.6 is 0 Å². The molecule has 0 aliphatic rings. The van der Waals surface area contributed by atoms with Crippen molar-refractivity contribution in [1.82, 2.24) is 4.90 Å². The molecule has 0 heterocycles. The Hall–Kier alpha value is -1.30. The standard InChI is InChI=1S/C16H24N2/c1-4-16(5-2)18(3)13-15-10-7-6-9-14(15)11-8-12-17/h6-7,9-10,16H,4-5,12-13,17H2,1-3H3. The van der Waals surface area contributed by atoms with E-state index in [-0.39, 0.29) is 0 Å². The van der Waals surface area contributed by atoms with E-state index in [1.165, 1.54) is 18.4 Å². The molecule has 2 N–H and O–H groups in total. The Bertz CT molecular complexity index is 411. The Morgan fingerprint density at radius 2 is 1.89 bits per heavy atom. The zero-order valence-corrected chi connectivity index (χ0v) is 11.7. The van der Waals surface area contributed by atoms with Gasteiger partial charge in [-0.3, -0.25) is 4.90 Å². The van der Waals surface area contributed by atoms with Crippen molar-refractivity contribution < 1.29 is 0 Å². The van der Waals surface area contributed by atoms with Crippen molar-refractivity contribution in [2.75, 3.05) is 13.6 Å². The summed E-state index contributed by atoms with van der Waals surface area (Å²) in [6, 6.07) is 8.96. The van der Waals surface area contributed by atoms with E-state index in [2.05, 4.69) is 55.8 Å². The van der Waals surface area contributed by atoms with Gasteiger partial charge in [0.2, 0.25) is 0 Å². The molecule has 18 heavy (non-hydrogen) atoms. The van der Waals surface area contributed by atoms with Crippen LogP contribution in [-0.4, -0.2) is 24.5 Å². The monoisotopic (exact) mass is 244 g/mol. The number of nitrogens with zero attached hydrogens (tertiary/aromatic N) is 1. The van der Waals surface area contributed by atoms with Crippen LogP contribution in [0.25, 0.3) is 0 Å². The zero-order chi connectivity index (χ0) is 13.4. The minimum Gasteiger partial charge on any atom is -0.320 e. The van der Waals surface area contributed by atoms with Gasteiger partial charge in [-0.15, -0.1) is 0 Å². The molecule has 1 rings (SSSR count). The van der Waals surface area contributed by atoms with Crippen molar-refractivity contribution in [3.8, 4) is 11.8 Å². The number of rotatable bonds is 5. The molecule has 0 unspecified atom stereocenters. The fraction of sp³-hybridized carbons (Fsp3) is 0.500. The highest BCUT2D eigenvalue weighted by Crippen LogP contribution is 2.14. The van der Waals surface area contributed by atoms with Gasteiger partial charge in [0.05, 0.1) is 6.54 Å². The Balaban J connectivity index is 2.83. The molecular formula is C16H24N2. The molecule has 1 aromatic rings. The SMILES string of the molecule is CCC(CC)N(C)Cc1ccccc1C#CCN. The van der Waals surface area contributed by atoms with Crippen LogP contribution in [0.15, 0.2) is 24.3 Å². The zero-order valence-electron chi connectivity index (χ0n) is 11.7. The van der Waals surface area contributed by atoms with Crippen LogP contribution < -0.4 is 5.73 Å². The van der Waals surface area contributed by atoms with Crippen LogP contribution in [-0.2, 0) is 6.54 Å². The maximum Gasteiger partial charge on any atom is 0.0555 e. The molecule has 2 nitrogen and oxygen atoms in total. The summed E-state index contributed by atoms with van der Waals surface area (Å²) in [5, 5.41) is 0. The maximum absolute atomic E-state index is 5.43. The number of nitrogens with two attached hydrogens (primary N) is 1. The molecular weight excluding hydrogens is 220 g/mol. The first-order valence-corrected chi connectivity index (χ1v) is 6.70. The van der Waals surface area contributed by atoms with Crippen LogP contribution in [0.5, 0.6) is 0 Å². The average molecular weight is 244 g/mol. The first kappa shape index (κ1) is 14.8. The van der Waals surface area contributed by atoms with Gasteiger partial charge in [0.1, 0.15) is 0 Å². The molecule has 0 atom stereocenters. The van der Waals surface area contributed by atoms with Gasteiger partial charge in [0.25, 0.3) is 0 Å². The third-order valence-corrected chi connectivity index (χ3v) is 3.33. The van der Waals surface area contributed by atoms with Crippen LogP contribution in [0.1, 0.15) is 37.8 Å². The lowest BCUT2D eigenvalue weighted by Gasteiger charge is -2.26. The first-order valence-electron chi connectivity index (χ1n) is 6.70. The molecule has 0 radical (unpaired) electrons. The first-order chi connectivity index (χ1) is 8.72. The number of hydrogen-bond donors (Lipinski definition) is 1. The second-order valence-electron chi connectivity index (χ2n) is 4.55. The second kappa shape index (κ2) is 7.92. The predicted molar refractivity (Wildman–Crippen MR) is 78.2 cm³/mol. The van der Waals surface area contributed by atoms with Crippen molar-refractivity contribution in [3.05, 3.63) is 35.4 Å². The summed E-state index contributed by atoms with van der Waals surface area (Å²) in [4.78, 5) is 2.41. The molecule has 0 fully saturated rings. The molecule has 0 bridgehead atoms. The van der Waals surface area contributed by atoms with Gasteiger partial charge >= 0.3 is 0 Å². The summed E-state index contributed by atoms with van der Waals surface area (Å²) in [6.07, 6.45) is 2.37. The van der Waals surface area contributed by atoms with Gasteiger partial charge in [0, 0.05) is 18.2 Å². The number of hydrogen-bond acceptors (Lipinski definition) is 2. The third-order valence-electron chi connectivity index (χ3n) is 3.33. The second-order valence-corrected chi connectivity index (χ2v) is 4.55. The lowest BCUT2D eigenvalue weighted by atomic mass is 10.1. The summed E-state index contributed by atoms with van der Waals surface area (Å²) in [5.41, 5.74) is 7.82. The summed E-state index contributed by atoms with van der Waals surface area (Å²) < 4.78 is 0. The quantitative estimate of drug-likeness (QED) is 0.807. The van der Waals surface area contributed by atoms with Gasteiger partial charge in [-0.05, 0) is 31.5 Å². The highest BCUT2D eigenvalue weighted by atomic mass is 15.1. The van der Waals surface area contributed by atoms with Crippen molar-refractivity contribution in [1.29, 1.82) is 0 Å². The van der Waals surface area contributed by atoms with E-state index in [0.29, 0.717) is 12.6 Å². The fourth-order valence-corrected chi connectivity index (χ4v) is 2.24. The van der Waals surface area contributed by atoms with E-state index in [4.69, 9.17) is 5.73 Å². The average Bonchev–Trinajstić information content (AvgIpc) is 2.39. The van der Waals surface area contributed by atoms with E-state index in [1.54, 1.807) is 0 Å². The third kappa shape index (κ3) is 4.18. The smallest absolute Gasteiger partial charge is 0.0555 e. The van der Waals surface area contributed by atoms with E-state index in [1.807, 2.05) is 6.07 Å². The Morgan fingerprint density at radius 1 is 1.22 bits per heavy atom. The minimum atomic E-state index is 0.413. The summed E-state index contributed by atoms with van der Waals surface area (Å²) >= 11 is 0. The molecule has 0 aliphatic carbocycles. The highest BCUT2D eigenvalue weighted by Gasteiger charge is 2.11. The van der Waals surface area contributed by atoms with Crippen molar-refractivity contribution in [2.24, 2.45) is 5.73 Å². The molecule has 0 saturated carbocycles. The largest absolute Gasteiger partial charge is 0.320 e. The van der Waals surface area contributed by atoms with Gasteiger partial charge in [0.15, 0.2) is 0 Å². The van der Waals surface area contributed by atoms with Crippen molar-refractivity contribution in [2.45, 2.75) is 39.3 Å². The maximum atomic E-state index is 5.43. The Kier molecular flexibility index (Phi) is 6.49. The summed E-state index contributed by atoms with van der Waals surface area (Å²) in [7, 11) is 2.19. The Labute approximate surface area is 111 Å². The minimum absolute atomic E-state index is 0.413. The number of benzene rings is 1. The molecule has 0 aliphatic heterocycles. The molecule has 0 spiro atoms. The van der Waals surface area contributed by atoms with E-state index < -0.39 is 0 Å². The molecule has 0 saturated heterocycles. The molecule has 0 aromatic heterocycles. The van der Waals surface area contributed by atoms with Crippen molar-refractivity contribution >= 4 is 0 Å². The van der Waals surface area contributed by atoms with Crippen LogP contribution in [0.3, 0.4) is 0 Å². The summed E-state index contributed by atoms with van der Waals surface area (Å²) in [5.74, 6) is 6.09. The highest BCUT2D eigenvalue weighted by molar-refractivity contribution is 5.41. The van der Waals surface area contributed by atoms with Gasteiger partial charge in [-0.2, -0.15) is 0 Å². The lowest BCUT2D eigenvalue weighted by molar-refractivity contribution is 0.221. The lowest BCUT2D eigenvalue weighted by Crippen LogP contribution is -2.30. The van der Waals surface area contributed by atoms with Gasteiger partial charge in [-0.25, -0.2) is 0 Å². The van der Waals surface area contributed by atoms with E-state index >= 15 is 0 Å². The van der Waals surface area contributed by atoms with E-state index in [0.717, 1.165) is 12.1 Å². The van der Waals surface area contributed by atoms with Gasteiger partial charge in [-0.1, -0.05) is 43.9 Å². The normalized spacial score (nSPS) is 10.6. The van der Waals surface area contributed by atoms with Crippen LogP contribution in [0.4, 0.5) is 0 Å². The fourth-order valence-electron chi connectivity index (χ4n) is 2.24. The Morgan fingerprint density at radius 3 is 2.50 bits per heavy atom. The van der Waals surface area contributed by atoms with Crippen LogP contribution in [0.2, 0.25) is 0 Å². The topological polar surface area (TPSA) is 29.3 Å². The molecule has 0 amide bonds. The summed E-state index contributed by atoms with van der Waals surface area (Å²) in [6.45, 7) is 5.84. The molecule has 2 heteroatoms. The molecule has 98 valence electrons. The van der Waals surface area contributed by atoms with E-state index in [9.17, 15) is 0 Å². The van der Waals surface area contributed by atoms with Crippen LogP contribution in [0, 0.1) is 11.8 Å². The van der Waals surface area contributed by atoms with Crippen molar-refractivity contribution in [3.63, 3.8) is 0 Å².